The van der Waals surface area contributed by atoms with Crippen molar-refractivity contribution in [3.8, 4) is 10.6 Å². The maximum absolute atomic E-state index is 12.7. The molecule has 0 aliphatic rings. The number of thiazole rings is 1. The lowest BCUT2D eigenvalue weighted by Crippen LogP contribution is -2.29. The summed E-state index contributed by atoms with van der Waals surface area (Å²) in [6.07, 6.45) is -3.78. The van der Waals surface area contributed by atoms with Gasteiger partial charge in [-0.2, -0.15) is 13.2 Å². The van der Waals surface area contributed by atoms with Crippen molar-refractivity contribution in [2.45, 2.75) is 25.6 Å². The summed E-state index contributed by atoms with van der Waals surface area (Å²) in [5.41, 5.74) is 5.37. The van der Waals surface area contributed by atoms with E-state index in [1.807, 2.05) is 6.92 Å². The number of amides is 1. The van der Waals surface area contributed by atoms with Crippen molar-refractivity contribution in [1.82, 2.24) is 10.3 Å². The standard InChI is InChI=1S/C15H16F3N3OS.2ClH/c1-9(19)5-6-20-13(22)12-8-23-14(21-12)10-3-2-4-11(7-10)15(16,17)18;;/h2-4,7-9H,5-6,19H2,1H3,(H,20,22);2*1H. The summed E-state index contributed by atoms with van der Waals surface area (Å²) >= 11 is 1.13. The van der Waals surface area contributed by atoms with Gasteiger partial charge in [-0.3, -0.25) is 4.79 Å². The molecule has 3 N–H and O–H groups in total. The van der Waals surface area contributed by atoms with Crippen LogP contribution in [0, 0.1) is 0 Å². The van der Waals surface area contributed by atoms with Gasteiger partial charge in [-0.1, -0.05) is 12.1 Å². The van der Waals surface area contributed by atoms with Crippen molar-refractivity contribution in [3.63, 3.8) is 0 Å². The van der Waals surface area contributed by atoms with E-state index in [1.165, 1.54) is 17.5 Å². The third kappa shape index (κ3) is 6.81. The van der Waals surface area contributed by atoms with Gasteiger partial charge in [-0.05, 0) is 25.5 Å². The van der Waals surface area contributed by atoms with Crippen molar-refractivity contribution in [1.29, 1.82) is 0 Å². The van der Waals surface area contributed by atoms with Gasteiger partial charge in [0.2, 0.25) is 0 Å². The number of aromatic nitrogens is 1. The molecule has 25 heavy (non-hydrogen) atoms. The summed E-state index contributed by atoms with van der Waals surface area (Å²) in [4.78, 5) is 16.0. The van der Waals surface area contributed by atoms with Crippen LogP contribution in [0.5, 0.6) is 0 Å². The second-order valence-corrected chi connectivity index (χ2v) is 6.00. The van der Waals surface area contributed by atoms with Crippen LogP contribution in [0.3, 0.4) is 0 Å². The van der Waals surface area contributed by atoms with E-state index in [2.05, 4.69) is 10.3 Å². The SMILES string of the molecule is CC(N)CCNC(=O)c1csc(-c2cccc(C(F)(F)F)c2)n1.Cl.Cl. The second-order valence-electron chi connectivity index (χ2n) is 5.14. The molecule has 2 aromatic rings. The molecule has 0 bridgehead atoms. The van der Waals surface area contributed by atoms with Crippen LogP contribution in [0.15, 0.2) is 29.6 Å². The number of carbonyl (C=O) groups is 1. The van der Waals surface area contributed by atoms with Gasteiger partial charge in [-0.25, -0.2) is 4.98 Å². The van der Waals surface area contributed by atoms with Gasteiger partial charge in [0.25, 0.3) is 5.91 Å². The highest BCUT2D eigenvalue weighted by Gasteiger charge is 2.30. The van der Waals surface area contributed by atoms with Crippen molar-refractivity contribution in [3.05, 3.63) is 40.9 Å². The van der Waals surface area contributed by atoms with Crippen LogP contribution in [0.2, 0.25) is 0 Å². The fraction of sp³-hybridized carbons (Fsp3) is 0.333. The van der Waals surface area contributed by atoms with Crippen LogP contribution in [0.25, 0.3) is 10.6 Å². The number of carbonyl (C=O) groups excluding carboxylic acids is 1. The molecule has 4 nitrogen and oxygen atoms in total. The van der Waals surface area contributed by atoms with E-state index < -0.39 is 11.7 Å². The van der Waals surface area contributed by atoms with E-state index in [9.17, 15) is 18.0 Å². The lowest BCUT2D eigenvalue weighted by Gasteiger charge is -2.07. The summed E-state index contributed by atoms with van der Waals surface area (Å²) in [5, 5.41) is 4.57. The fourth-order valence-electron chi connectivity index (χ4n) is 1.84. The van der Waals surface area contributed by atoms with Crippen LogP contribution in [0.4, 0.5) is 13.2 Å². The third-order valence-corrected chi connectivity index (χ3v) is 3.95. The van der Waals surface area contributed by atoms with E-state index in [-0.39, 0.29) is 42.5 Å². The average molecular weight is 416 g/mol. The summed E-state index contributed by atoms with van der Waals surface area (Å²) in [6, 6.07) is 4.86. The Hall–Kier alpha value is -1.35. The molecular formula is C15H18Cl2F3N3OS. The minimum absolute atomic E-state index is 0. The molecule has 1 unspecified atom stereocenters. The van der Waals surface area contributed by atoms with E-state index >= 15 is 0 Å². The molecule has 0 radical (unpaired) electrons. The first-order chi connectivity index (χ1) is 10.8. The minimum atomic E-state index is -4.41. The maximum atomic E-state index is 12.7. The molecule has 10 heteroatoms. The molecule has 0 spiro atoms. The predicted molar refractivity (Wildman–Crippen MR) is 97.6 cm³/mol. The van der Waals surface area contributed by atoms with Gasteiger partial charge < -0.3 is 11.1 Å². The molecule has 140 valence electrons. The quantitative estimate of drug-likeness (QED) is 0.770. The molecule has 0 fully saturated rings. The van der Waals surface area contributed by atoms with Crippen LogP contribution in [0.1, 0.15) is 29.4 Å². The van der Waals surface area contributed by atoms with Gasteiger partial charge in [0.05, 0.1) is 5.56 Å². The lowest BCUT2D eigenvalue weighted by atomic mass is 10.1. The Bertz CT molecular complexity index is 693. The van der Waals surface area contributed by atoms with E-state index in [0.29, 0.717) is 23.5 Å². The van der Waals surface area contributed by atoms with Gasteiger partial charge in [0.1, 0.15) is 10.7 Å². The third-order valence-electron chi connectivity index (χ3n) is 3.06. The molecule has 2 rings (SSSR count). The van der Waals surface area contributed by atoms with Crippen molar-refractivity contribution in [2.75, 3.05) is 6.54 Å². The Labute approximate surface area is 159 Å². The lowest BCUT2D eigenvalue weighted by molar-refractivity contribution is -0.137. The first-order valence-corrected chi connectivity index (χ1v) is 7.82. The van der Waals surface area contributed by atoms with Gasteiger partial charge in [0.15, 0.2) is 0 Å². The van der Waals surface area contributed by atoms with Gasteiger partial charge in [0, 0.05) is 23.5 Å². The maximum Gasteiger partial charge on any atom is 0.416 e. The van der Waals surface area contributed by atoms with Crippen LogP contribution < -0.4 is 11.1 Å². The molecule has 1 aromatic carbocycles. The number of rotatable bonds is 5. The second kappa shape index (κ2) is 9.96. The molecule has 1 atom stereocenters. The molecule has 0 aliphatic heterocycles. The van der Waals surface area contributed by atoms with E-state index in [0.717, 1.165) is 23.5 Å². The number of halogens is 5. The topological polar surface area (TPSA) is 68.0 Å². The highest BCUT2D eigenvalue weighted by atomic mass is 35.5. The molecule has 0 saturated carbocycles. The number of nitrogens with zero attached hydrogens (tertiary/aromatic N) is 1. The highest BCUT2D eigenvalue weighted by molar-refractivity contribution is 7.13. The average Bonchev–Trinajstić information content (AvgIpc) is 2.96. The first-order valence-electron chi connectivity index (χ1n) is 6.94. The molecule has 1 aromatic heterocycles. The van der Waals surface area contributed by atoms with Gasteiger partial charge in [-0.15, -0.1) is 36.2 Å². The predicted octanol–water partition coefficient (Wildman–Crippen LogP) is 4.14. The number of alkyl halides is 3. The van der Waals surface area contributed by atoms with Crippen LogP contribution in [-0.4, -0.2) is 23.5 Å². The summed E-state index contributed by atoms with van der Waals surface area (Å²) < 4.78 is 38.2. The number of nitrogens with one attached hydrogen (secondary N) is 1. The van der Waals surface area contributed by atoms with E-state index in [1.54, 1.807) is 0 Å². The molecule has 0 aliphatic carbocycles. The Morgan fingerprint density at radius 1 is 1.36 bits per heavy atom. The number of hydrogen-bond acceptors (Lipinski definition) is 4. The Morgan fingerprint density at radius 2 is 2.04 bits per heavy atom. The Balaban J connectivity index is 0.00000288. The largest absolute Gasteiger partial charge is 0.416 e. The normalized spacial score (nSPS) is 11.9. The zero-order valence-electron chi connectivity index (χ0n) is 13.2. The molecular weight excluding hydrogens is 398 g/mol. The number of benzene rings is 1. The van der Waals surface area contributed by atoms with Crippen molar-refractivity contribution in [2.24, 2.45) is 5.73 Å². The number of hydrogen-bond donors (Lipinski definition) is 2. The van der Waals surface area contributed by atoms with Crippen molar-refractivity contribution >= 4 is 42.1 Å². The van der Waals surface area contributed by atoms with Gasteiger partial charge >= 0.3 is 6.18 Å². The van der Waals surface area contributed by atoms with Crippen molar-refractivity contribution < 1.29 is 18.0 Å². The van der Waals surface area contributed by atoms with Crippen LogP contribution >= 0.6 is 36.2 Å². The first kappa shape index (κ1) is 23.6. The summed E-state index contributed by atoms with van der Waals surface area (Å²) in [6.45, 7) is 2.26. The Kier molecular flexibility index (Phi) is 9.42. The van der Waals surface area contributed by atoms with Crippen LogP contribution in [-0.2, 0) is 6.18 Å². The monoisotopic (exact) mass is 415 g/mol. The molecule has 1 heterocycles. The summed E-state index contributed by atoms with van der Waals surface area (Å²) in [5.74, 6) is -0.361. The molecule has 1 amide bonds. The smallest absolute Gasteiger partial charge is 0.351 e. The zero-order valence-corrected chi connectivity index (χ0v) is 15.6. The van der Waals surface area contributed by atoms with E-state index in [4.69, 9.17) is 5.73 Å². The molecule has 0 saturated heterocycles. The minimum Gasteiger partial charge on any atom is -0.351 e. The fourth-order valence-corrected chi connectivity index (χ4v) is 2.64. The Morgan fingerprint density at radius 3 is 2.64 bits per heavy atom. The zero-order chi connectivity index (χ0) is 17.0. The number of nitrogens with two attached hydrogens (primary N) is 1. The summed E-state index contributed by atoms with van der Waals surface area (Å²) in [7, 11) is 0. The highest BCUT2D eigenvalue weighted by Crippen LogP contribution is 2.33.